The van der Waals surface area contributed by atoms with Gasteiger partial charge in [0.15, 0.2) is 5.78 Å². The highest BCUT2D eigenvalue weighted by Gasteiger charge is 2.21. The molecule has 1 aliphatic rings. The van der Waals surface area contributed by atoms with Gasteiger partial charge >= 0.3 is 0 Å². The number of ketones is 1. The number of hydrogen-bond acceptors (Lipinski definition) is 4. The van der Waals surface area contributed by atoms with Crippen molar-refractivity contribution in [1.82, 2.24) is 9.97 Å². The third-order valence-corrected chi connectivity index (χ3v) is 3.13. The van der Waals surface area contributed by atoms with Crippen molar-refractivity contribution in [2.75, 3.05) is 18.0 Å². The number of hydrogen-bond donors (Lipinski definition) is 0. The Kier molecular flexibility index (Phi) is 2.95. The maximum absolute atomic E-state index is 12.8. The van der Waals surface area contributed by atoms with E-state index in [0.29, 0.717) is 25.5 Å². The molecule has 0 bridgehead atoms. The first-order chi connectivity index (χ1) is 9.22. The molecule has 1 fully saturated rings. The summed E-state index contributed by atoms with van der Waals surface area (Å²) in [5, 5.41) is 0. The Hall–Kier alpha value is -2.30. The summed E-state index contributed by atoms with van der Waals surface area (Å²) in [6.07, 6.45) is 3.94. The van der Waals surface area contributed by atoms with Crippen molar-refractivity contribution in [3.8, 4) is 11.1 Å². The van der Waals surface area contributed by atoms with Crippen LogP contribution in [0.4, 0.5) is 10.3 Å². The van der Waals surface area contributed by atoms with Crippen molar-refractivity contribution in [3.05, 3.63) is 42.5 Å². The minimum Gasteiger partial charge on any atom is -0.333 e. The molecule has 4 nitrogen and oxygen atoms in total. The van der Waals surface area contributed by atoms with Crippen LogP contribution in [-0.4, -0.2) is 28.8 Å². The molecule has 1 saturated heterocycles. The van der Waals surface area contributed by atoms with E-state index < -0.39 is 0 Å². The number of aromatic nitrogens is 2. The molecule has 2 aromatic rings. The molecule has 0 spiro atoms. The van der Waals surface area contributed by atoms with Crippen LogP contribution in [0.1, 0.15) is 6.42 Å². The fraction of sp³-hybridized carbons (Fsp3) is 0.214. The van der Waals surface area contributed by atoms with Crippen LogP contribution in [0.3, 0.4) is 0 Å². The smallest absolute Gasteiger partial charge is 0.225 e. The molecule has 1 aliphatic heterocycles. The molecule has 96 valence electrons. The molecule has 0 unspecified atom stereocenters. The predicted molar refractivity (Wildman–Crippen MR) is 69.3 cm³/mol. The van der Waals surface area contributed by atoms with Crippen LogP contribution in [-0.2, 0) is 4.79 Å². The van der Waals surface area contributed by atoms with Crippen molar-refractivity contribution >= 4 is 11.7 Å². The number of carbonyl (C=O) groups is 1. The molecule has 0 atom stereocenters. The fourth-order valence-corrected chi connectivity index (χ4v) is 2.08. The summed E-state index contributed by atoms with van der Waals surface area (Å²) in [5.41, 5.74) is 1.69. The zero-order valence-electron chi connectivity index (χ0n) is 10.2. The molecule has 0 saturated carbocycles. The number of benzene rings is 1. The van der Waals surface area contributed by atoms with E-state index in [1.165, 1.54) is 12.1 Å². The van der Waals surface area contributed by atoms with Gasteiger partial charge in [-0.25, -0.2) is 14.4 Å². The Balaban J connectivity index is 1.82. The van der Waals surface area contributed by atoms with Gasteiger partial charge in [0.05, 0.1) is 6.54 Å². The van der Waals surface area contributed by atoms with Crippen LogP contribution in [0.15, 0.2) is 36.7 Å². The minimum absolute atomic E-state index is 0.214. The average Bonchev–Trinajstić information content (AvgIpc) is 2.87. The van der Waals surface area contributed by atoms with Gasteiger partial charge in [-0.1, -0.05) is 12.1 Å². The quantitative estimate of drug-likeness (QED) is 0.826. The van der Waals surface area contributed by atoms with Gasteiger partial charge in [-0.15, -0.1) is 0 Å². The van der Waals surface area contributed by atoms with Gasteiger partial charge in [0.1, 0.15) is 5.82 Å². The van der Waals surface area contributed by atoms with E-state index in [2.05, 4.69) is 9.97 Å². The van der Waals surface area contributed by atoms with E-state index in [-0.39, 0.29) is 11.6 Å². The van der Waals surface area contributed by atoms with Gasteiger partial charge in [-0.2, -0.15) is 0 Å². The number of anilines is 1. The first kappa shape index (κ1) is 11.8. The highest BCUT2D eigenvalue weighted by molar-refractivity contribution is 5.86. The fourth-order valence-electron chi connectivity index (χ4n) is 2.08. The molecule has 3 rings (SSSR count). The minimum atomic E-state index is -0.267. The number of nitrogens with zero attached hydrogens (tertiary/aromatic N) is 3. The molecule has 0 N–H and O–H groups in total. The highest BCUT2D eigenvalue weighted by atomic mass is 19.1. The molecule has 0 aliphatic carbocycles. The second kappa shape index (κ2) is 4.76. The highest BCUT2D eigenvalue weighted by Crippen LogP contribution is 2.20. The van der Waals surface area contributed by atoms with Crippen LogP contribution in [0.25, 0.3) is 11.1 Å². The maximum atomic E-state index is 12.8. The summed E-state index contributed by atoms with van der Waals surface area (Å²) < 4.78 is 12.8. The lowest BCUT2D eigenvalue weighted by Gasteiger charge is -2.13. The number of rotatable bonds is 2. The molecule has 1 aromatic carbocycles. The van der Waals surface area contributed by atoms with Gasteiger partial charge in [0, 0.05) is 30.9 Å². The second-order valence-electron chi connectivity index (χ2n) is 4.49. The monoisotopic (exact) mass is 257 g/mol. The van der Waals surface area contributed by atoms with Crippen LogP contribution < -0.4 is 4.90 Å². The lowest BCUT2D eigenvalue weighted by Crippen LogP contribution is -2.21. The maximum Gasteiger partial charge on any atom is 0.225 e. The Morgan fingerprint density at radius 3 is 2.32 bits per heavy atom. The second-order valence-corrected chi connectivity index (χ2v) is 4.49. The van der Waals surface area contributed by atoms with Gasteiger partial charge in [0.2, 0.25) is 5.95 Å². The lowest BCUT2D eigenvalue weighted by molar-refractivity contribution is -0.116. The molecule has 0 amide bonds. The molecule has 0 radical (unpaired) electrons. The van der Waals surface area contributed by atoms with Crippen LogP contribution in [0, 0.1) is 5.82 Å². The van der Waals surface area contributed by atoms with Gasteiger partial charge in [-0.05, 0) is 17.7 Å². The summed E-state index contributed by atoms with van der Waals surface area (Å²) in [5.74, 6) is 0.514. The zero-order valence-corrected chi connectivity index (χ0v) is 10.2. The number of halogens is 1. The largest absolute Gasteiger partial charge is 0.333 e. The van der Waals surface area contributed by atoms with E-state index in [1.807, 2.05) is 4.90 Å². The number of Topliss-reactive ketones (excluding diaryl/α,β-unsaturated/α-hetero) is 1. The summed E-state index contributed by atoms with van der Waals surface area (Å²) in [6.45, 7) is 1.06. The van der Waals surface area contributed by atoms with E-state index in [0.717, 1.165) is 11.1 Å². The van der Waals surface area contributed by atoms with E-state index in [1.54, 1.807) is 24.5 Å². The van der Waals surface area contributed by atoms with Gasteiger partial charge in [-0.3, -0.25) is 4.79 Å². The van der Waals surface area contributed by atoms with E-state index >= 15 is 0 Å². The van der Waals surface area contributed by atoms with Gasteiger partial charge in [0.25, 0.3) is 0 Å². The summed E-state index contributed by atoms with van der Waals surface area (Å²) >= 11 is 0. The topological polar surface area (TPSA) is 46.1 Å². The normalized spacial score (nSPS) is 15.0. The molecular formula is C14H12FN3O. The van der Waals surface area contributed by atoms with Gasteiger partial charge < -0.3 is 4.90 Å². The molecule has 5 heteroatoms. The molecule has 19 heavy (non-hydrogen) atoms. The van der Waals surface area contributed by atoms with Crippen molar-refractivity contribution in [2.45, 2.75) is 6.42 Å². The summed E-state index contributed by atoms with van der Waals surface area (Å²) in [7, 11) is 0. The zero-order chi connectivity index (χ0) is 13.2. The van der Waals surface area contributed by atoms with Crippen LogP contribution in [0.5, 0.6) is 0 Å². The Morgan fingerprint density at radius 2 is 1.74 bits per heavy atom. The lowest BCUT2D eigenvalue weighted by atomic mass is 10.1. The van der Waals surface area contributed by atoms with Crippen LogP contribution >= 0.6 is 0 Å². The third-order valence-electron chi connectivity index (χ3n) is 3.13. The molecular weight excluding hydrogens is 245 g/mol. The molecule has 1 aromatic heterocycles. The molecule has 2 heterocycles. The van der Waals surface area contributed by atoms with Crippen LogP contribution in [0.2, 0.25) is 0 Å². The summed E-state index contributed by atoms with van der Waals surface area (Å²) in [4.78, 5) is 21.6. The first-order valence-corrected chi connectivity index (χ1v) is 6.07. The standard InChI is InChI=1S/C14H12FN3O/c15-12-3-1-10(2-4-12)11-7-16-14(17-8-11)18-6-5-13(19)9-18/h1-4,7-8H,5-6,9H2. The van der Waals surface area contributed by atoms with E-state index in [4.69, 9.17) is 0 Å². The van der Waals surface area contributed by atoms with E-state index in [9.17, 15) is 9.18 Å². The Labute approximate surface area is 109 Å². The van der Waals surface area contributed by atoms with Crippen molar-refractivity contribution in [2.24, 2.45) is 0 Å². The Bertz CT molecular complexity index is 595. The average molecular weight is 257 g/mol. The summed E-state index contributed by atoms with van der Waals surface area (Å²) in [6, 6.07) is 6.19. The van der Waals surface area contributed by atoms with Crippen molar-refractivity contribution in [3.63, 3.8) is 0 Å². The SMILES string of the molecule is O=C1CCN(c2ncc(-c3ccc(F)cc3)cn2)C1. The third kappa shape index (κ3) is 2.45. The van der Waals surface area contributed by atoms with Crippen molar-refractivity contribution in [1.29, 1.82) is 0 Å². The Morgan fingerprint density at radius 1 is 1.05 bits per heavy atom. The number of carbonyl (C=O) groups excluding carboxylic acids is 1. The first-order valence-electron chi connectivity index (χ1n) is 6.07. The van der Waals surface area contributed by atoms with Crippen molar-refractivity contribution < 1.29 is 9.18 Å². The predicted octanol–water partition coefficient (Wildman–Crippen LogP) is 2.06.